The lowest BCUT2D eigenvalue weighted by Gasteiger charge is -2.27. The van der Waals surface area contributed by atoms with Crippen LogP contribution in [0.4, 0.5) is 0 Å². The summed E-state index contributed by atoms with van der Waals surface area (Å²) in [6.07, 6.45) is 6.04. The molecule has 5 heteroatoms. The number of hydrogen-bond donors (Lipinski definition) is 0. The van der Waals surface area contributed by atoms with Gasteiger partial charge in [-0.2, -0.15) is 0 Å². The SMILES string of the molecule is CO[C@@H]1CCN(Cc2ccc3c(c2)OCO3)[C@H]1Cc1cccnc1. The van der Waals surface area contributed by atoms with E-state index >= 15 is 0 Å². The number of ether oxygens (including phenoxy) is 3. The standard InChI is InChI=1S/C19H22N2O3/c1-22-17-6-8-21(16(17)9-14-3-2-7-20-11-14)12-15-4-5-18-19(10-15)24-13-23-18/h2-5,7,10-11,16-17H,6,8-9,12-13H2,1H3/t16-,17+/m0/s1. The molecule has 0 unspecified atom stereocenters. The predicted octanol–water partition coefficient (Wildman–Crippen LogP) is 2.64. The molecule has 0 N–H and O–H groups in total. The molecule has 4 rings (SSSR count). The molecule has 0 saturated carbocycles. The fourth-order valence-corrected chi connectivity index (χ4v) is 3.65. The zero-order valence-electron chi connectivity index (χ0n) is 13.9. The van der Waals surface area contributed by atoms with E-state index in [1.54, 1.807) is 0 Å². The Morgan fingerprint density at radius 2 is 2.12 bits per heavy atom. The van der Waals surface area contributed by atoms with Gasteiger partial charge in [-0.15, -0.1) is 0 Å². The van der Waals surface area contributed by atoms with E-state index in [-0.39, 0.29) is 6.10 Å². The van der Waals surface area contributed by atoms with Crippen molar-refractivity contribution in [2.45, 2.75) is 31.5 Å². The average Bonchev–Trinajstić information content (AvgIpc) is 3.23. The average molecular weight is 326 g/mol. The van der Waals surface area contributed by atoms with Crippen LogP contribution >= 0.6 is 0 Å². The zero-order valence-corrected chi connectivity index (χ0v) is 13.9. The topological polar surface area (TPSA) is 43.8 Å². The van der Waals surface area contributed by atoms with Crippen LogP contribution in [0.15, 0.2) is 42.7 Å². The molecule has 126 valence electrons. The summed E-state index contributed by atoms with van der Waals surface area (Å²) in [5, 5.41) is 0. The Balaban J connectivity index is 1.50. The maximum atomic E-state index is 5.73. The summed E-state index contributed by atoms with van der Waals surface area (Å²) in [6.45, 7) is 2.25. The Hall–Kier alpha value is -2.11. The number of pyridine rings is 1. The Morgan fingerprint density at radius 1 is 1.21 bits per heavy atom. The highest BCUT2D eigenvalue weighted by atomic mass is 16.7. The van der Waals surface area contributed by atoms with E-state index in [1.165, 1.54) is 11.1 Å². The molecule has 3 heterocycles. The van der Waals surface area contributed by atoms with Crippen LogP contribution in [0.2, 0.25) is 0 Å². The number of fused-ring (bicyclic) bond motifs is 1. The minimum atomic E-state index is 0.263. The van der Waals surface area contributed by atoms with E-state index in [9.17, 15) is 0 Å². The molecule has 0 radical (unpaired) electrons. The van der Waals surface area contributed by atoms with Crippen LogP contribution in [-0.4, -0.2) is 42.5 Å². The van der Waals surface area contributed by atoms with Crippen LogP contribution in [0.5, 0.6) is 11.5 Å². The van der Waals surface area contributed by atoms with E-state index in [1.807, 2.05) is 31.6 Å². The third kappa shape index (κ3) is 3.09. The summed E-state index contributed by atoms with van der Waals surface area (Å²) in [5.74, 6) is 1.68. The molecule has 0 bridgehead atoms. The quantitative estimate of drug-likeness (QED) is 0.845. The summed E-state index contributed by atoms with van der Waals surface area (Å²) in [4.78, 5) is 6.73. The van der Waals surface area contributed by atoms with Crippen LogP contribution in [0, 0.1) is 0 Å². The Bertz CT molecular complexity index is 692. The number of hydrogen-bond acceptors (Lipinski definition) is 5. The number of rotatable bonds is 5. The summed E-state index contributed by atoms with van der Waals surface area (Å²) in [7, 11) is 1.81. The number of methoxy groups -OCH3 is 1. The van der Waals surface area contributed by atoms with Crippen molar-refractivity contribution in [3.8, 4) is 11.5 Å². The number of aromatic nitrogens is 1. The molecule has 1 fully saturated rings. The van der Waals surface area contributed by atoms with Gasteiger partial charge in [0.25, 0.3) is 0 Å². The second kappa shape index (κ2) is 6.79. The minimum Gasteiger partial charge on any atom is -0.454 e. The molecule has 5 nitrogen and oxygen atoms in total. The lowest BCUT2D eigenvalue weighted by Crippen LogP contribution is -2.37. The normalized spacial score (nSPS) is 22.9. The molecule has 0 aliphatic carbocycles. The summed E-state index contributed by atoms with van der Waals surface area (Å²) < 4.78 is 16.6. The van der Waals surface area contributed by atoms with Crippen molar-refractivity contribution in [3.05, 3.63) is 53.9 Å². The molecule has 24 heavy (non-hydrogen) atoms. The zero-order chi connectivity index (χ0) is 16.4. The molecule has 1 aromatic heterocycles. The fourth-order valence-electron chi connectivity index (χ4n) is 3.65. The second-order valence-electron chi connectivity index (χ2n) is 6.35. The molecule has 1 saturated heterocycles. The van der Waals surface area contributed by atoms with Crippen molar-refractivity contribution < 1.29 is 14.2 Å². The van der Waals surface area contributed by atoms with Crippen molar-refractivity contribution in [1.82, 2.24) is 9.88 Å². The molecular weight excluding hydrogens is 304 g/mol. The van der Waals surface area contributed by atoms with Crippen LogP contribution in [-0.2, 0) is 17.7 Å². The molecule has 0 amide bonds. The highest BCUT2D eigenvalue weighted by Gasteiger charge is 2.34. The van der Waals surface area contributed by atoms with Crippen LogP contribution in [0.25, 0.3) is 0 Å². The maximum absolute atomic E-state index is 5.73. The lowest BCUT2D eigenvalue weighted by atomic mass is 10.0. The second-order valence-corrected chi connectivity index (χ2v) is 6.35. The number of nitrogens with zero attached hydrogens (tertiary/aromatic N) is 2. The molecular formula is C19H22N2O3. The summed E-state index contributed by atoms with van der Waals surface area (Å²) in [6, 6.07) is 10.7. The van der Waals surface area contributed by atoms with Crippen molar-refractivity contribution in [2.75, 3.05) is 20.4 Å². The lowest BCUT2D eigenvalue weighted by molar-refractivity contribution is 0.0638. The summed E-state index contributed by atoms with van der Waals surface area (Å²) >= 11 is 0. The highest BCUT2D eigenvalue weighted by Crippen LogP contribution is 2.34. The third-order valence-electron chi connectivity index (χ3n) is 4.89. The minimum absolute atomic E-state index is 0.263. The van der Waals surface area contributed by atoms with Crippen molar-refractivity contribution >= 4 is 0 Å². The van der Waals surface area contributed by atoms with Gasteiger partial charge in [-0.25, -0.2) is 0 Å². The molecule has 2 aliphatic rings. The van der Waals surface area contributed by atoms with Crippen LogP contribution in [0.3, 0.4) is 0 Å². The van der Waals surface area contributed by atoms with Gasteiger partial charge in [-0.1, -0.05) is 12.1 Å². The Labute approximate surface area is 142 Å². The summed E-state index contributed by atoms with van der Waals surface area (Å²) in [5.41, 5.74) is 2.49. The number of benzene rings is 1. The third-order valence-corrected chi connectivity index (χ3v) is 4.89. The van der Waals surface area contributed by atoms with Crippen LogP contribution in [0.1, 0.15) is 17.5 Å². The van der Waals surface area contributed by atoms with Crippen LogP contribution < -0.4 is 9.47 Å². The van der Waals surface area contributed by atoms with E-state index in [4.69, 9.17) is 14.2 Å². The van der Waals surface area contributed by atoms with Crippen molar-refractivity contribution in [3.63, 3.8) is 0 Å². The fraction of sp³-hybridized carbons (Fsp3) is 0.421. The first-order valence-corrected chi connectivity index (χ1v) is 8.38. The van der Waals surface area contributed by atoms with Gasteiger partial charge in [-0.3, -0.25) is 9.88 Å². The van der Waals surface area contributed by atoms with Crippen molar-refractivity contribution in [2.24, 2.45) is 0 Å². The predicted molar refractivity (Wildman–Crippen MR) is 90.1 cm³/mol. The van der Waals surface area contributed by atoms with Gasteiger partial charge in [0.05, 0.1) is 6.10 Å². The molecule has 2 atom stereocenters. The Kier molecular flexibility index (Phi) is 4.36. The van der Waals surface area contributed by atoms with Gasteiger partial charge in [0.15, 0.2) is 11.5 Å². The maximum Gasteiger partial charge on any atom is 0.231 e. The van der Waals surface area contributed by atoms with Gasteiger partial charge < -0.3 is 14.2 Å². The van der Waals surface area contributed by atoms with E-state index in [2.05, 4.69) is 28.1 Å². The first-order chi connectivity index (χ1) is 11.8. The molecule has 2 aliphatic heterocycles. The molecule has 1 aromatic carbocycles. The largest absolute Gasteiger partial charge is 0.454 e. The van der Waals surface area contributed by atoms with E-state index < -0.39 is 0 Å². The molecule has 0 spiro atoms. The highest BCUT2D eigenvalue weighted by molar-refractivity contribution is 5.44. The van der Waals surface area contributed by atoms with Gasteiger partial charge >= 0.3 is 0 Å². The smallest absolute Gasteiger partial charge is 0.231 e. The van der Waals surface area contributed by atoms with Crippen molar-refractivity contribution in [1.29, 1.82) is 0 Å². The molecule has 2 aromatic rings. The Morgan fingerprint density at radius 3 is 2.96 bits per heavy atom. The van der Waals surface area contributed by atoms with E-state index in [0.29, 0.717) is 12.8 Å². The van der Waals surface area contributed by atoms with Gasteiger partial charge in [0.2, 0.25) is 6.79 Å². The first-order valence-electron chi connectivity index (χ1n) is 8.38. The van der Waals surface area contributed by atoms with Gasteiger partial charge in [0, 0.05) is 38.6 Å². The van der Waals surface area contributed by atoms with E-state index in [0.717, 1.165) is 37.4 Å². The number of likely N-dealkylation sites (tertiary alicyclic amines) is 1. The van der Waals surface area contributed by atoms with Gasteiger partial charge in [-0.05, 0) is 42.2 Å². The van der Waals surface area contributed by atoms with Gasteiger partial charge in [0.1, 0.15) is 0 Å². The first kappa shape index (κ1) is 15.4. The monoisotopic (exact) mass is 326 g/mol.